The summed E-state index contributed by atoms with van der Waals surface area (Å²) < 4.78 is 18.4. The van der Waals surface area contributed by atoms with Crippen LogP contribution in [0.4, 0.5) is 15.8 Å². The van der Waals surface area contributed by atoms with Gasteiger partial charge in [-0.25, -0.2) is 4.39 Å². The Hall–Kier alpha value is -1.45. The van der Waals surface area contributed by atoms with Crippen LogP contribution in [-0.2, 0) is 0 Å². The van der Waals surface area contributed by atoms with Crippen molar-refractivity contribution in [1.29, 1.82) is 0 Å². The summed E-state index contributed by atoms with van der Waals surface area (Å²) in [6.07, 6.45) is 0.823. The summed E-state index contributed by atoms with van der Waals surface area (Å²) in [7, 11) is 0. The van der Waals surface area contributed by atoms with Crippen LogP contribution in [0, 0.1) is 5.82 Å². The van der Waals surface area contributed by atoms with Crippen LogP contribution in [0.25, 0.3) is 0 Å². The Bertz CT molecular complexity index is 302. The maximum absolute atomic E-state index is 13.3. The van der Waals surface area contributed by atoms with E-state index in [4.69, 9.17) is 16.2 Å². The summed E-state index contributed by atoms with van der Waals surface area (Å²) in [6.45, 7) is 2.42. The lowest BCUT2D eigenvalue weighted by Crippen LogP contribution is -2.02. The second kappa shape index (κ2) is 3.98. The van der Waals surface area contributed by atoms with Gasteiger partial charge in [-0.3, -0.25) is 0 Å². The molecule has 0 aliphatic heterocycles. The third kappa shape index (κ3) is 2.02. The molecule has 0 aliphatic carbocycles. The van der Waals surface area contributed by atoms with Crippen LogP contribution in [0.5, 0.6) is 5.75 Å². The zero-order valence-corrected chi connectivity index (χ0v) is 7.51. The number of nitrogen functional groups attached to an aromatic ring is 2. The predicted octanol–water partition coefficient (Wildman–Crippen LogP) is 1.78. The summed E-state index contributed by atoms with van der Waals surface area (Å²) in [5.41, 5.74) is 11.0. The van der Waals surface area contributed by atoms with Crippen molar-refractivity contribution in [2.75, 3.05) is 18.1 Å². The monoisotopic (exact) mass is 184 g/mol. The molecule has 1 rings (SSSR count). The van der Waals surface area contributed by atoms with Gasteiger partial charge in [-0.1, -0.05) is 6.92 Å². The third-order valence-corrected chi connectivity index (χ3v) is 1.64. The highest BCUT2D eigenvalue weighted by Crippen LogP contribution is 2.27. The van der Waals surface area contributed by atoms with Crippen molar-refractivity contribution in [2.45, 2.75) is 13.3 Å². The smallest absolute Gasteiger partial charge is 0.189 e. The van der Waals surface area contributed by atoms with E-state index in [0.717, 1.165) is 6.42 Å². The lowest BCUT2D eigenvalue weighted by molar-refractivity contribution is 0.302. The van der Waals surface area contributed by atoms with Crippen molar-refractivity contribution < 1.29 is 9.13 Å². The van der Waals surface area contributed by atoms with Gasteiger partial charge in [-0.2, -0.15) is 0 Å². The molecule has 0 fully saturated rings. The predicted molar refractivity (Wildman–Crippen MR) is 51.0 cm³/mol. The first-order valence-electron chi connectivity index (χ1n) is 4.13. The molecule has 0 atom stereocenters. The van der Waals surface area contributed by atoms with Crippen LogP contribution in [0.2, 0.25) is 0 Å². The molecule has 13 heavy (non-hydrogen) atoms. The van der Waals surface area contributed by atoms with Gasteiger partial charge < -0.3 is 16.2 Å². The Labute approximate surface area is 76.5 Å². The van der Waals surface area contributed by atoms with Crippen molar-refractivity contribution in [1.82, 2.24) is 0 Å². The molecule has 0 spiro atoms. The van der Waals surface area contributed by atoms with Gasteiger partial charge in [0.15, 0.2) is 11.6 Å². The fraction of sp³-hybridized carbons (Fsp3) is 0.333. The van der Waals surface area contributed by atoms with Crippen molar-refractivity contribution in [3.8, 4) is 5.75 Å². The van der Waals surface area contributed by atoms with Gasteiger partial charge >= 0.3 is 0 Å². The van der Waals surface area contributed by atoms with E-state index in [-0.39, 0.29) is 17.1 Å². The number of ether oxygens (including phenoxy) is 1. The number of anilines is 2. The van der Waals surface area contributed by atoms with Crippen molar-refractivity contribution >= 4 is 11.4 Å². The van der Waals surface area contributed by atoms with Gasteiger partial charge in [0, 0.05) is 0 Å². The molecule has 0 bridgehead atoms. The molecule has 4 N–H and O–H groups in total. The molecular weight excluding hydrogens is 171 g/mol. The Morgan fingerprint density at radius 3 is 2.69 bits per heavy atom. The summed E-state index contributed by atoms with van der Waals surface area (Å²) in [5.74, 6) is -0.415. The van der Waals surface area contributed by atoms with E-state index in [0.29, 0.717) is 6.61 Å². The second-order valence-corrected chi connectivity index (χ2v) is 2.73. The first-order valence-corrected chi connectivity index (χ1v) is 4.13. The van der Waals surface area contributed by atoms with Crippen LogP contribution in [-0.4, -0.2) is 6.61 Å². The molecule has 0 unspecified atom stereocenters. The Morgan fingerprint density at radius 1 is 1.38 bits per heavy atom. The second-order valence-electron chi connectivity index (χ2n) is 2.73. The van der Waals surface area contributed by atoms with Crippen LogP contribution in [0.1, 0.15) is 13.3 Å². The topological polar surface area (TPSA) is 61.3 Å². The minimum atomic E-state index is -0.576. The minimum Gasteiger partial charge on any atom is -0.490 e. The average Bonchev–Trinajstić information content (AvgIpc) is 2.13. The molecule has 0 radical (unpaired) electrons. The zero-order valence-electron chi connectivity index (χ0n) is 7.51. The fourth-order valence-electron chi connectivity index (χ4n) is 0.911. The number of rotatable bonds is 3. The molecule has 4 heteroatoms. The van der Waals surface area contributed by atoms with Crippen LogP contribution in [0.15, 0.2) is 12.1 Å². The molecule has 1 aromatic rings. The van der Waals surface area contributed by atoms with Crippen molar-refractivity contribution in [3.05, 3.63) is 17.9 Å². The number of halogens is 1. The molecule has 1 aromatic carbocycles. The van der Waals surface area contributed by atoms with Gasteiger partial charge in [-0.05, 0) is 18.6 Å². The van der Waals surface area contributed by atoms with Crippen LogP contribution < -0.4 is 16.2 Å². The molecule has 0 saturated carbocycles. The Balaban J connectivity index is 2.90. The van der Waals surface area contributed by atoms with Gasteiger partial charge in [0.05, 0.1) is 18.0 Å². The number of nitrogens with two attached hydrogens (primary N) is 2. The van der Waals surface area contributed by atoms with Gasteiger partial charge in [0.2, 0.25) is 0 Å². The largest absolute Gasteiger partial charge is 0.490 e. The number of hydrogen-bond donors (Lipinski definition) is 2. The third-order valence-electron chi connectivity index (χ3n) is 1.64. The molecule has 0 saturated heterocycles. The average molecular weight is 184 g/mol. The van der Waals surface area contributed by atoms with Crippen LogP contribution in [0.3, 0.4) is 0 Å². The first kappa shape index (κ1) is 9.64. The standard InChI is InChI=1S/C9H13FN2O/c1-2-5-13-7-4-3-6(11)9(12)8(7)10/h3-4H,2,5,11-12H2,1H3. The highest BCUT2D eigenvalue weighted by atomic mass is 19.1. The van der Waals surface area contributed by atoms with E-state index < -0.39 is 5.82 Å². The number of benzene rings is 1. The minimum absolute atomic E-state index is 0.0476. The lowest BCUT2D eigenvalue weighted by Gasteiger charge is -2.08. The van der Waals surface area contributed by atoms with E-state index in [1.807, 2.05) is 6.92 Å². The van der Waals surface area contributed by atoms with E-state index in [1.54, 1.807) is 0 Å². The van der Waals surface area contributed by atoms with E-state index in [9.17, 15) is 4.39 Å². The lowest BCUT2D eigenvalue weighted by atomic mass is 10.2. The normalized spacial score (nSPS) is 10.0. The van der Waals surface area contributed by atoms with E-state index in [2.05, 4.69) is 0 Å². The Morgan fingerprint density at radius 2 is 2.08 bits per heavy atom. The Kier molecular flexibility index (Phi) is 2.95. The zero-order chi connectivity index (χ0) is 9.84. The molecule has 0 aromatic heterocycles. The summed E-state index contributed by atoms with van der Waals surface area (Å²) >= 11 is 0. The van der Waals surface area contributed by atoms with E-state index >= 15 is 0 Å². The SMILES string of the molecule is CCCOc1ccc(N)c(N)c1F. The van der Waals surface area contributed by atoms with Crippen molar-refractivity contribution in [3.63, 3.8) is 0 Å². The molecule has 72 valence electrons. The van der Waals surface area contributed by atoms with E-state index in [1.165, 1.54) is 12.1 Å². The van der Waals surface area contributed by atoms with Crippen molar-refractivity contribution in [2.24, 2.45) is 0 Å². The first-order chi connectivity index (χ1) is 6.16. The van der Waals surface area contributed by atoms with Crippen LogP contribution >= 0.6 is 0 Å². The maximum atomic E-state index is 13.3. The maximum Gasteiger partial charge on any atom is 0.189 e. The number of hydrogen-bond acceptors (Lipinski definition) is 3. The molecular formula is C9H13FN2O. The fourth-order valence-corrected chi connectivity index (χ4v) is 0.911. The summed E-state index contributed by atoms with van der Waals surface area (Å²) in [5, 5.41) is 0. The molecule has 0 amide bonds. The quantitative estimate of drug-likeness (QED) is 0.704. The van der Waals surface area contributed by atoms with Gasteiger partial charge in [-0.15, -0.1) is 0 Å². The molecule has 0 aliphatic rings. The highest BCUT2D eigenvalue weighted by molar-refractivity contribution is 5.66. The highest BCUT2D eigenvalue weighted by Gasteiger charge is 2.09. The summed E-state index contributed by atoms with van der Waals surface area (Å²) in [4.78, 5) is 0. The van der Waals surface area contributed by atoms with Gasteiger partial charge in [0.1, 0.15) is 0 Å². The van der Waals surface area contributed by atoms with Gasteiger partial charge in [0.25, 0.3) is 0 Å². The molecule has 3 nitrogen and oxygen atoms in total. The molecule has 0 heterocycles. The summed E-state index contributed by atoms with van der Waals surface area (Å²) in [6, 6.07) is 3.01.